The molecule has 98 valence electrons. The zero-order valence-corrected chi connectivity index (χ0v) is 11.2. The molecule has 2 rings (SSSR count). The van der Waals surface area contributed by atoms with E-state index in [1.165, 1.54) is 31.9 Å². The monoisotopic (exact) mass is 246 g/mol. The molecule has 1 aromatic rings. The number of aromatic hydroxyl groups is 1. The van der Waals surface area contributed by atoms with Gasteiger partial charge in [0.15, 0.2) is 0 Å². The van der Waals surface area contributed by atoms with Crippen molar-refractivity contribution < 1.29 is 5.11 Å². The van der Waals surface area contributed by atoms with Gasteiger partial charge in [0, 0.05) is 23.0 Å². The number of hydrogen-bond donors (Lipinski definition) is 2. The Balaban J connectivity index is 2.01. The largest absolute Gasteiger partial charge is 0.506 e. The van der Waals surface area contributed by atoms with Crippen LogP contribution in [0, 0.1) is 12.8 Å². The number of aromatic nitrogens is 1. The molecule has 0 aliphatic heterocycles. The SMILES string of the molecule is C=C(N[C@H]1CC[C@H](C)CC1)c1cc(O)cnc1C. The van der Waals surface area contributed by atoms with E-state index in [-0.39, 0.29) is 5.75 Å². The van der Waals surface area contributed by atoms with Crippen LogP contribution >= 0.6 is 0 Å². The molecule has 18 heavy (non-hydrogen) atoms. The molecule has 0 spiro atoms. The molecule has 0 amide bonds. The van der Waals surface area contributed by atoms with Gasteiger partial charge in [0.2, 0.25) is 0 Å². The lowest BCUT2D eigenvalue weighted by Crippen LogP contribution is -2.31. The second-order valence-electron chi connectivity index (χ2n) is 5.41. The third-order valence-corrected chi connectivity index (χ3v) is 3.79. The lowest BCUT2D eigenvalue weighted by atomic mass is 9.87. The molecule has 1 aromatic heterocycles. The van der Waals surface area contributed by atoms with Gasteiger partial charge in [0.1, 0.15) is 5.75 Å². The summed E-state index contributed by atoms with van der Waals surface area (Å²) in [4.78, 5) is 4.15. The Morgan fingerprint density at radius 2 is 2.06 bits per heavy atom. The standard InChI is InChI=1S/C15H22N2O/c1-10-4-6-13(7-5-10)17-12(3)15-8-14(18)9-16-11(15)2/h8-10,13,17-18H,3-7H2,1-2H3/t10-,13-. The van der Waals surface area contributed by atoms with Gasteiger partial charge in [-0.15, -0.1) is 0 Å². The van der Waals surface area contributed by atoms with Crippen molar-refractivity contribution in [2.75, 3.05) is 0 Å². The van der Waals surface area contributed by atoms with Gasteiger partial charge in [-0.1, -0.05) is 13.5 Å². The fourth-order valence-electron chi connectivity index (χ4n) is 2.56. The first-order valence-electron chi connectivity index (χ1n) is 6.67. The molecule has 1 aliphatic carbocycles. The van der Waals surface area contributed by atoms with Crippen molar-refractivity contribution in [3.63, 3.8) is 0 Å². The van der Waals surface area contributed by atoms with Crippen LogP contribution in [-0.4, -0.2) is 16.1 Å². The van der Waals surface area contributed by atoms with Crippen molar-refractivity contribution in [3.8, 4) is 5.75 Å². The van der Waals surface area contributed by atoms with E-state index in [1.807, 2.05) is 6.92 Å². The second-order valence-corrected chi connectivity index (χ2v) is 5.41. The van der Waals surface area contributed by atoms with E-state index < -0.39 is 0 Å². The van der Waals surface area contributed by atoms with Crippen molar-refractivity contribution in [2.24, 2.45) is 5.92 Å². The van der Waals surface area contributed by atoms with E-state index >= 15 is 0 Å². The van der Waals surface area contributed by atoms with Gasteiger partial charge >= 0.3 is 0 Å². The number of hydrogen-bond acceptors (Lipinski definition) is 3. The molecule has 0 bridgehead atoms. The van der Waals surface area contributed by atoms with Gasteiger partial charge in [0.25, 0.3) is 0 Å². The molecule has 0 radical (unpaired) electrons. The van der Waals surface area contributed by atoms with Crippen molar-refractivity contribution in [3.05, 3.63) is 30.1 Å². The van der Waals surface area contributed by atoms with Crippen LogP contribution in [0.1, 0.15) is 43.9 Å². The number of nitrogens with one attached hydrogen (secondary N) is 1. The van der Waals surface area contributed by atoms with Crippen LogP contribution in [0.5, 0.6) is 5.75 Å². The van der Waals surface area contributed by atoms with Crippen molar-refractivity contribution in [2.45, 2.75) is 45.6 Å². The fraction of sp³-hybridized carbons (Fsp3) is 0.533. The summed E-state index contributed by atoms with van der Waals surface area (Å²) in [5, 5.41) is 13.0. The maximum absolute atomic E-state index is 9.50. The summed E-state index contributed by atoms with van der Waals surface area (Å²) in [7, 11) is 0. The average Bonchev–Trinajstić information content (AvgIpc) is 2.35. The Kier molecular flexibility index (Phi) is 3.90. The minimum absolute atomic E-state index is 0.191. The molecule has 1 saturated carbocycles. The average molecular weight is 246 g/mol. The molecule has 0 atom stereocenters. The summed E-state index contributed by atoms with van der Waals surface area (Å²) in [5.41, 5.74) is 2.68. The predicted octanol–water partition coefficient (Wildman–Crippen LogP) is 3.23. The molecule has 3 heteroatoms. The van der Waals surface area contributed by atoms with Crippen LogP contribution in [0.25, 0.3) is 5.70 Å². The van der Waals surface area contributed by atoms with E-state index in [2.05, 4.69) is 23.8 Å². The molecule has 0 saturated heterocycles. The maximum atomic E-state index is 9.50. The smallest absolute Gasteiger partial charge is 0.134 e. The lowest BCUT2D eigenvalue weighted by molar-refractivity contribution is 0.328. The molecule has 0 unspecified atom stereocenters. The number of aryl methyl sites for hydroxylation is 1. The summed E-state index contributed by atoms with van der Waals surface area (Å²) in [6, 6.07) is 2.23. The Hall–Kier alpha value is -1.51. The number of rotatable bonds is 3. The zero-order valence-electron chi connectivity index (χ0n) is 11.2. The minimum Gasteiger partial charge on any atom is -0.506 e. The van der Waals surface area contributed by atoms with Crippen LogP contribution in [0.15, 0.2) is 18.8 Å². The summed E-state index contributed by atoms with van der Waals surface area (Å²) >= 11 is 0. The minimum atomic E-state index is 0.191. The van der Waals surface area contributed by atoms with Gasteiger partial charge in [-0.25, -0.2) is 0 Å². The van der Waals surface area contributed by atoms with Crippen LogP contribution in [0.2, 0.25) is 0 Å². The van der Waals surface area contributed by atoms with Crippen molar-refractivity contribution in [1.29, 1.82) is 0 Å². The summed E-state index contributed by atoms with van der Waals surface area (Å²) in [6.07, 6.45) is 6.43. The Bertz CT molecular complexity index is 434. The third kappa shape index (κ3) is 3.03. The predicted molar refractivity (Wildman–Crippen MR) is 74.2 cm³/mol. The molecule has 1 aliphatic rings. The van der Waals surface area contributed by atoms with E-state index in [0.717, 1.165) is 22.9 Å². The highest BCUT2D eigenvalue weighted by molar-refractivity contribution is 5.64. The molecule has 1 fully saturated rings. The van der Waals surface area contributed by atoms with Gasteiger partial charge in [0.05, 0.1) is 6.20 Å². The third-order valence-electron chi connectivity index (χ3n) is 3.79. The van der Waals surface area contributed by atoms with Crippen LogP contribution in [-0.2, 0) is 0 Å². The topological polar surface area (TPSA) is 45.1 Å². The Morgan fingerprint density at radius 3 is 2.72 bits per heavy atom. The number of nitrogens with zero attached hydrogens (tertiary/aromatic N) is 1. The molecule has 1 heterocycles. The Labute approximate surface area is 109 Å². The molecule has 0 aromatic carbocycles. The summed E-state index contributed by atoms with van der Waals surface area (Å²) in [5.74, 6) is 1.04. The van der Waals surface area contributed by atoms with Crippen molar-refractivity contribution in [1.82, 2.24) is 10.3 Å². The Morgan fingerprint density at radius 1 is 1.39 bits per heavy atom. The first-order valence-corrected chi connectivity index (χ1v) is 6.67. The summed E-state index contributed by atoms with van der Waals surface area (Å²) in [6.45, 7) is 8.33. The lowest BCUT2D eigenvalue weighted by Gasteiger charge is -2.28. The quantitative estimate of drug-likeness (QED) is 0.860. The molecular formula is C15H22N2O. The normalized spacial score (nSPS) is 23.7. The highest BCUT2D eigenvalue weighted by atomic mass is 16.3. The number of pyridine rings is 1. The van der Waals surface area contributed by atoms with Crippen LogP contribution in [0.4, 0.5) is 0 Å². The fourth-order valence-corrected chi connectivity index (χ4v) is 2.56. The summed E-state index contributed by atoms with van der Waals surface area (Å²) < 4.78 is 0. The van der Waals surface area contributed by atoms with Gasteiger partial charge < -0.3 is 10.4 Å². The van der Waals surface area contributed by atoms with E-state index in [9.17, 15) is 5.11 Å². The second kappa shape index (κ2) is 5.42. The van der Waals surface area contributed by atoms with E-state index in [4.69, 9.17) is 0 Å². The molecule has 3 nitrogen and oxygen atoms in total. The van der Waals surface area contributed by atoms with Crippen molar-refractivity contribution >= 4 is 5.70 Å². The van der Waals surface area contributed by atoms with Crippen LogP contribution in [0.3, 0.4) is 0 Å². The maximum Gasteiger partial charge on any atom is 0.134 e. The van der Waals surface area contributed by atoms with Gasteiger partial charge in [-0.05, 0) is 44.6 Å². The van der Waals surface area contributed by atoms with E-state index in [0.29, 0.717) is 6.04 Å². The first-order chi connectivity index (χ1) is 8.56. The van der Waals surface area contributed by atoms with E-state index in [1.54, 1.807) is 6.07 Å². The highest BCUT2D eigenvalue weighted by Gasteiger charge is 2.19. The van der Waals surface area contributed by atoms with Gasteiger partial charge in [-0.3, -0.25) is 4.98 Å². The first kappa shape index (κ1) is 12.9. The molecule has 2 N–H and O–H groups in total. The highest BCUT2D eigenvalue weighted by Crippen LogP contribution is 2.26. The van der Waals surface area contributed by atoms with Crippen LogP contribution < -0.4 is 5.32 Å². The van der Waals surface area contributed by atoms with Gasteiger partial charge in [-0.2, -0.15) is 0 Å². The molecular weight excluding hydrogens is 224 g/mol. The zero-order chi connectivity index (χ0) is 13.1.